The van der Waals surface area contributed by atoms with Crippen LogP contribution in [0.3, 0.4) is 0 Å². The van der Waals surface area contributed by atoms with Crippen LogP contribution >= 0.6 is 0 Å². The minimum Gasteiger partial charge on any atom is -0.353 e. The van der Waals surface area contributed by atoms with E-state index < -0.39 is 9.84 Å². The van der Waals surface area contributed by atoms with E-state index in [1.54, 1.807) is 0 Å². The summed E-state index contributed by atoms with van der Waals surface area (Å²) in [4.78, 5) is 2.80. The van der Waals surface area contributed by atoms with E-state index in [4.69, 9.17) is 0 Å². The molecule has 1 N–H and O–H groups in total. The third kappa shape index (κ3) is 3.84. The maximum atomic E-state index is 11.8. The van der Waals surface area contributed by atoms with Gasteiger partial charge in [-0.25, -0.2) is 8.42 Å². The SMILES string of the molecule is Cn1cccc1CN1CCC[C@H](Cc2[nH]ncc2S(C)(=O)=O)C1. The van der Waals surface area contributed by atoms with E-state index in [2.05, 4.69) is 45.0 Å². The van der Waals surface area contributed by atoms with Crippen molar-refractivity contribution in [1.29, 1.82) is 0 Å². The van der Waals surface area contributed by atoms with Gasteiger partial charge in [-0.05, 0) is 43.9 Å². The molecular weight excluding hydrogens is 312 g/mol. The van der Waals surface area contributed by atoms with Crippen molar-refractivity contribution in [3.05, 3.63) is 35.9 Å². The Bertz CT molecular complexity index is 763. The van der Waals surface area contributed by atoms with Crippen LogP contribution in [0.1, 0.15) is 24.2 Å². The molecule has 3 heterocycles. The molecule has 0 saturated carbocycles. The highest BCUT2D eigenvalue weighted by molar-refractivity contribution is 7.90. The number of likely N-dealkylation sites (tertiary alicyclic amines) is 1. The van der Waals surface area contributed by atoms with Crippen LogP contribution in [0.15, 0.2) is 29.4 Å². The van der Waals surface area contributed by atoms with Crippen molar-refractivity contribution in [1.82, 2.24) is 19.7 Å². The third-order valence-electron chi connectivity index (χ3n) is 4.61. The Morgan fingerprint density at radius 2 is 2.26 bits per heavy atom. The molecule has 0 aliphatic carbocycles. The number of nitrogens with one attached hydrogen (secondary N) is 1. The van der Waals surface area contributed by atoms with Gasteiger partial charge < -0.3 is 4.57 Å². The Morgan fingerprint density at radius 3 is 2.96 bits per heavy atom. The smallest absolute Gasteiger partial charge is 0.178 e. The van der Waals surface area contributed by atoms with Crippen molar-refractivity contribution in [3.8, 4) is 0 Å². The second kappa shape index (κ2) is 6.49. The molecule has 2 aromatic heterocycles. The van der Waals surface area contributed by atoms with Crippen molar-refractivity contribution < 1.29 is 8.42 Å². The summed E-state index contributed by atoms with van der Waals surface area (Å²) in [5.41, 5.74) is 2.06. The first-order valence-corrected chi connectivity index (χ1v) is 9.87. The zero-order chi connectivity index (χ0) is 16.4. The number of aryl methyl sites for hydroxylation is 1. The van der Waals surface area contributed by atoms with Crippen LogP contribution in [0, 0.1) is 5.92 Å². The predicted molar refractivity (Wildman–Crippen MR) is 88.8 cm³/mol. The molecule has 1 fully saturated rings. The molecule has 7 heteroatoms. The number of rotatable bonds is 5. The van der Waals surface area contributed by atoms with Gasteiger partial charge in [0.1, 0.15) is 4.90 Å². The van der Waals surface area contributed by atoms with Gasteiger partial charge in [0, 0.05) is 38.3 Å². The van der Waals surface area contributed by atoms with Crippen LogP contribution in [-0.4, -0.2) is 47.4 Å². The van der Waals surface area contributed by atoms with E-state index in [-0.39, 0.29) is 0 Å². The molecule has 126 valence electrons. The van der Waals surface area contributed by atoms with Crippen LogP contribution in [-0.2, 0) is 29.9 Å². The zero-order valence-corrected chi connectivity index (χ0v) is 14.5. The maximum absolute atomic E-state index is 11.8. The first kappa shape index (κ1) is 16.3. The Kier molecular flexibility index (Phi) is 4.59. The summed E-state index contributed by atoms with van der Waals surface area (Å²) in [6.07, 6.45) is 7.76. The molecule has 0 radical (unpaired) electrons. The standard InChI is InChI=1S/C16H24N4O2S/c1-19-7-4-6-14(19)12-20-8-3-5-13(11-20)9-15-16(10-17-18-15)23(2,21)22/h4,6-7,10,13H,3,5,8-9,11-12H2,1-2H3,(H,17,18)/t13-/m1/s1. The molecule has 1 aliphatic heterocycles. The molecule has 2 aromatic rings. The summed E-state index contributed by atoms with van der Waals surface area (Å²) >= 11 is 0. The monoisotopic (exact) mass is 336 g/mol. The van der Waals surface area contributed by atoms with Gasteiger partial charge in [-0.3, -0.25) is 10.00 Å². The number of hydrogen-bond acceptors (Lipinski definition) is 4. The molecule has 0 bridgehead atoms. The highest BCUT2D eigenvalue weighted by Crippen LogP contribution is 2.24. The molecule has 3 rings (SSSR count). The molecule has 0 unspecified atom stereocenters. The number of aromatic amines is 1. The summed E-state index contributed by atoms with van der Waals surface area (Å²) < 4.78 is 25.7. The maximum Gasteiger partial charge on any atom is 0.178 e. The van der Waals surface area contributed by atoms with Gasteiger partial charge in [-0.15, -0.1) is 0 Å². The topological polar surface area (TPSA) is 71.0 Å². The number of hydrogen-bond donors (Lipinski definition) is 1. The van der Waals surface area contributed by atoms with E-state index in [0.717, 1.165) is 44.6 Å². The lowest BCUT2D eigenvalue weighted by Crippen LogP contribution is -2.36. The van der Waals surface area contributed by atoms with Crippen LogP contribution in [0.2, 0.25) is 0 Å². The van der Waals surface area contributed by atoms with Gasteiger partial charge >= 0.3 is 0 Å². The van der Waals surface area contributed by atoms with Crippen molar-refractivity contribution in [3.63, 3.8) is 0 Å². The zero-order valence-electron chi connectivity index (χ0n) is 13.7. The van der Waals surface area contributed by atoms with Gasteiger partial charge in [0.05, 0.1) is 11.9 Å². The van der Waals surface area contributed by atoms with Crippen LogP contribution in [0.25, 0.3) is 0 Å². The highest BCUT2D eigenvalue weighted by atomic mass is 32.2. The average Bonchev–Trinajstić information content (AvgIpc) is 3.09. The molecule has 1 atom stereocenters. The van der Waals surface area contributed by atoms with Crippen LogP contribution in [0.5, 0.6) is 0 Å². The Balaban J connectivity index is 1.65. The summed E-state index contributed by atoms with van der Waals surface area (Å²) in [7, 11) is -1.14. The summed E-state index contributed by atoms with van der Waals surface area (Å²) in [6.45, 7) is 3.04. The van der Waals surface area contributed by atoms with Crippen molar-refractivity contribution in [2.45, 2.75) is 30.7 Å². The van der Waals surface area contributed by atoms with Gasteiger partial charge in [0.25, 0.3) is 0 Å². The highest BCUT2D eigenvalue weighted by Gasteiger charge is 2.24. The predicted octanol–water partition coefficient (Wildman–Crippen LogP) is 1.61. The quantitative estimate of drug-likeness (QED) is 0.900. The number of H-pyrrole nitrogens is 1. The Morgan fingerprint density at radius 1 is 1.43 bits per heavy atom. The van der Waals surface area contributed by atoms with Crippen molar-refractivity contribution in [2.24, 2.45) is 13.0 Å². The molecule has 1 saturated heterocycles. The van der Waals surface area contributed by atoms with Gasteiger partial charge in [0.2, 0.25) is 0 Å². The second-order valence-electron chi connectivity index (χ2n) is 6.54. The van der Waals surface area contributed by atoms with Gasteiger partial charge in [-0.2, -0.15) is 5.10 Å². The lowest BCUT2D eigenvalue weighted by Gasteiger charge is -2.32. The average molecular weight is 336 g/mol. The normalized spacial score (nSPS) is 20.0. The summed E-state index contributed by atoms with van der Waals surface area (Å²) in [6, 6.07) is 4.22. The lowest BCUT2D eigenvalue weighted by molar-refractivity contribution is 0.163. The number of aromatic nitrogens is 3. The fourth-order valence-corrected chi connectivity index (χ4v) is 4.23. The van der Waals surface area contributed by atoms with Crippen molar-refractivity contribution >= 4 is 9.84 Å². The number of sulfone groups is 1. The molecule has 23 heavy (non-hydrogen) atoms. The largest absolute Gasteiger partial charge is 0.353 e. The van der Waals surface area contributed by atoms with Gasteiger partial charge in [-0.1, -0.05) is 0 Å². The Hall–Kier alpha value is -1.60. The fourth-order valence-electron chi connectivity index (χ4n) is 3.41. The van der Waals surface area contributed by atoms with E-state index >= 15 is 0 Å². The van der Waals surface area contributed by atoms with Gasteiger partial charge in [0.15, 0.2) is 9.84 Å². The fraction of sp³-hybridized carbons (Fsp3) is 0.562. The molecule has 6 nitrogen and oxygen atoms in total. The van der Waals surface area contributed by atoms with Crippen molar-refractivity contribution in [2.75, 3.05) is 19.3 Å². The third-order valence-corrected chi connectivity index (χ3v) is 5.76. The Labute approximate surface area is 137 Å². The summed E-state index contributed by atoms with van der Waals surface area (Å²) in [5, 5.41) is 6.80. The van der Waals surface area contributed by atoms with Crippen LogP contribution in [0.4, 0.5) is 0 Å². The summed E-state index contributed by atoms with van der Waals surface area (Å²) in [5.74, 6) is 0.463. The lowest BCUT2D eigenvalue weighted by atomic mass is 9.93. The van der Waals surface area contributed by atoms with E-state index in [1.165, 1.54) is 18.1 Å². The first-order valence-electron chi connectivity index (χ1n) is 7.98. The van der Waals surface area contributed by atoms with E-state index in [0.29, 0.717) is 10.8 Å². The first-order chi connectivity index (χ1) is 10.9. The minimum absolute atomic E-state index is 0.344. The second-order valence-corrected chi connectivity index (χ2v) is 8.53. The molecule has 0 spiro atoms. The van der Waals surface area contributed by atoms with E-state index in [1.807, 2.05) is 0 Å². The molecule has 0 amide bonds. The van der Waals surface area contributed by atoms with E-state index in [9.17, 15) is 8.42 Å². The minimum atomic E-state index is -3.21. The number of piperidine rings is 1. The van der Waals surface area contributed by atoms with Crippen LogP contribution < -0.4 is 0 Å². The molecular formula is C16H24N4O2S. The molecule has 0 aromatic carbocycles. The number of nitrogens with zero attached hydrogens (tertiary/aromatic N) is 3. The molecule has 1 aliphatic rings.